The number of unbranched alkanes of at least 4 members (excludes halogenated alkanes) is 12. The summed E-state index contributed by atoms with van der Waals surface area (Å²) in [6.07, 6.45) is 25.1. The number of benzene rings is 1. The van der Waals surface area contributed by atoms with Crippen LogP contribution in [0, 0.1) is 23.7 Å². The second-order valence-electron chi connectivity index (χ2n) is 19.5. The molecule has 0 unspecified atom stereocenters. The molecule has 0 saturated carbocycles. The van der Waals surface area contributed by atoms with Crippen molar-refractivity contribution in [3.05, 3.63) is 151 Å². The van der Waals surface area contributed by atoms with E-state index in [1.165, 1.54) is 196 Å². The van der Waals surface area contributed by atoms with Gasteiger partial charge < -0.3 is 0 Å². The molecule has 8 heterocycles. The highest BCUT2D eigenvalue weighted by Crippen LogP contribution is 2.47. The van der Waals surface area contributed by atoms with Gasteiger partial charge in [0.2, 0.25) is 0 Å². The van der Waals surface area contributed by atoms with Crippen molar-refractivity contribution in [3.8, 4) is 82.2 Å². The normalized spacial score (nSPS) is 11.3. The maximum atomic E-state index is 3.58. The average Bonchev–Trinajstić information content (AvgIpc) is 4.27. The van der Waals surface area contributed by atoms with Crippen LogP contribution in [0.5, 0.6) is 0 Å². The van der Waals surface area contributed by atoms with Gasteiger partial charge in [0, 0.05) is 69.7 Å². The zero-order chi connectivity index (χ0) is 50.9. The molecule has 0 bridgehead atoms. The second-order valence-corrected chi connectivity index (χ2v) is 27.7. The molecule has 0 aliphatic rings. The van der Waals surface area contributed by atoms with Crippen LogP contribution in [0.3, 0.4) is 0 Å². The van der Waals surface area contributed by atoms with E-state index in [4.69, 9.17) is 0 Å². The van der Waals surface area contributed by atoms with E-state index in [0.29, 0.717) is 0 Å². The first-order valence-corrected chi connectivity index (χ1v) is 34.1. The molecule has 9 aromatic rings. The molecule has 1 aromatic carbocycles. The van der Waals surface area contributed by atoms with Crippen LogP contribution in [0.4, 0.5) is 0 Å². The Morgan fingerprint density at radius 2 is 0.595 bits per heavy atom. The molecule has 0 spiro atoms. The summed E-state index contributed by atoms with van der Waals surface area (Å²) in [5, 5.41) is 4.56. The zero-order valence-corrected chi connectivity index (χ0v) is 50.3. The molecular formula is C66H70S8. The molecule has 8 aromatic heterocycles. The summed E-state index contributed by atoms with van der Waals surface area (Å²) in [7, 11) is 0. The molecule has 0 fully saturated rings. The Morgan fingerprint density at radius 3 is 0.932 bits per heavy atom. The van der Waals surface area contributed by atoms with E-state index in [-0.39, 0.29) is 0 Å². The third-order valence-electron chi connectivity index (χ3n) is 13.7. The third-order valence-corrected chi connectivity index (χ3v) is 23.2. The summed E-state index contributed by atoms with van der Waals surface area (Å²) < 4.78 is 0. The van der Waals surface area contributed by atoms with Crippen molar-refractivity contribution in [3.63, 3.8) is 0 Å². The van der Waals surface area contributed by atoms with Crippen molar-refractivity contribution < 1.29 is 0 Å². The molecule has 0 atom stereocenters. The van der Waals surface area contributed by atoms with Gasteiger partial charge in [-0.1, -0.05) is 128 Å². The highest BCUT2D eigenvalue weighted by atomic mass is 32.1. The first-order valence-electron chi connectivity index (χ1n) is 27.4. The average molecular weight is 1120 g/mol. The van der Waals surface area contributed by atoms with E-state index in [9.17, 15) is 0 Å². The highest BCUT2D eigenvalue weighted by Gasteiger charge is 2.18. The van der Waals surface area contributed by atoms with Gasteiger partial charge in [0.25, 0.3) is 0 Å². The van der Waals surface area contributed by atoms with E-state index in [2.05, 4.69) is 159 Å². The van der Waals surface area contributed by atoms with Gasteiger partial charge in [-0.05, 0) is 181 Å². The largest absolute Gasteiger partial charge is 0.143 e. The predicted molar refractivity (Wildman–Crippen MR) is 338 cm³/mol. The number of aryl methyl sites for hydroxylation is 4. The predicted octanol–water partition coefficient (Wildman–Crippen LogP) is 23.5. The lowest BCUT2D eigenvalue weighted by atomic mass is 10.1. The Kier molecular flexibility index (Phi) is 21.0. The Labute approximate surface area is 475 Å². The van der Waals surface area contributed by atoms with E-state index in [1.807, 2.05) is 90.7 Å². The molecule has 0 amide bonds. The molecule has 74 heavy (non-hydrogen) atoms. The molecule has 0 saturated heterocycles. The molecule has 0 N–H and O–H groups in total. The Morgan fingerprint density at radius 1 is 0.284 bits per heavy atom. The van der Waals surface area contributed by atoms with Crippen molar-refractivity contribution in [1.29, 1.82) is 0 Å². The number of hydrogen-bond acceptors (Lipinski definition) is 8. The van der Waals surface area contributed by atoms with Gasteiger partial charge in [0.1, 0.15) is 0 Å². The second kappa shape index (κ2) is 28.4. The summed E-state index contributed by atoms with van der Waals surface area (Å²) in [6.45, 7) is 9.17. The van der Waals surface area contributed by atoms with E-state index in [0.717, 1.165) is 33.7 Å². The van der Waals surface area contributed by atoms with Crippen molar-refractivity contribution in [2.45, 2.75) is 156 Å². The smallest absolute Gasteiger partial charge is 0.0781 e. The first-order chi connectivity index (χ1) is 36.5. The lowest BCUT2D eigenvalue weighted by Gasteiger charge is -2.02. The Balaban J connectivity index is 0.880. The molecule has 0 radical (unpaired) electrons. The minimum absolute atomic E-state index is 1.02. The van der Waals surface area contributed by atoms with Crippen molar-refractivity contribution in [1.82, 2.24) is 0 Å². The maximum absolute atomic E-state index is 3.58. The van der Waals surface area contributed by atoms with Crippen LogP contribution in [0.1, 0.15) is 174 Å². The Hall–Kier alpha value is -4.06. The first kappa shape index (κ1) is 54.7. The van der Waals surface area contributed by atoms with Gasteiger partial charge >= 0.3 is 0 Å². The van der Waals surface area contributed by atoms with Gasteiger partial charge in [-0.15, -0.1) is 90.7 Å². The minimum atomic E-state index is 1.02. The van der Waals surface area contributed by atoms with Crippen molar-refractivity contribution in [2.24, 2.45) is 0 Å². The molecule has 0 aliphatic heterocycles. The fourth-order valence-electron chi connectivity index (χ4n) is 9.51. The monoisotopic (exact) mass is 1120 g/mol. The van der Waals surface area contributed by atoms with Gasteiger partial charge in [-0.3, -0.25) is 0 Å². The summed E-state index contributed by atoms with van der Waals surface area (Å²) in [5.41, 5.74) is 7.97. The molecule has 0 aliphatic carbocycles. The maximum Gasteiger partial charge on any atom is 0.0781 e. The Bertz CT molecular complexity index is 3040. The molecular weight excluding hydrogens is 1050 g/mol. The summed E-state index contributed by atoms with van der Waals surface area (Å²) >= 11 is 15.3. The lowest BCUT2D eigenvalue weighted by Crippen LogP contribution is -1.85. The van der Waals surface area contributed by atoms with Gasteiger partial charge in [0.15, 0.2) is 0 Å². The summed E-state index contributed by atoms with van der Waals surface area (Å²) in [4.78, 5) is 19.0. The molecule has 0 nitrogen and oxygen atoms in total. The fourth-order valence-corrected chi connectivity index (χ4v) is 18.4. The molecule has 382 valence electrons. The standard InChI is InChI=1S/C66H70S8/c1-5-9-13-17-21-49-41-43-67-63(49)59-37-33-55(71-59)57-35-39-61(73-57)65-51(23-19-15-11-7-3)45-53(69-65)31-29-47-25-27-48(28-26-47)30-32-54-46-52(24-20-16-12-8-4)66(70-54)62-40-36-58(74-62)56-34-38-60(72-56)64-50(42-44-68-64)22-18-14-10-6-2/h25-28,33-46H,5-24H2,1-4H3. The van der Waals surface area contributed by atoms with Gasteiger partial charge in [-0.25, -0.2) is 0 Å². The number of thiophene rings is 8. The van der Waals surface area contributed by atoms with Gasteiger partial charge in [-0.2, -0.15) is 0 Å². The van der Waals surface area contributed by atoms with Gasteiger partial charge in [0.05, 0.1) is 9.75 Å². The summed E-state index contributed by atoms with van der Waals surface area (Å²) in [6, 6.07) is 36.8. The quantitative estimate of drug-likeness (QED) is 0.0374. The molecule has 9 rings (SSSR count). The highest BCUT2D eigenvalue weighted by molar-refractivity contribution is 7.29. The summed E-state index contributed by atoms with van der Waals surface area (Å²) in [5.74, 6) is 14.2. The zero-order valence-electron chi connectivity index (χ0n) is 43.8. The number of hydrogen-bond donors (Lipinski definition) is 0. The fraction of sp³-hybridized carbons (Fsp3) is 0.364. The van der Waals surface area contributed by atoms with E-state index < -0.39 is 0 Å². The van der Waals surface area contributed by atoms with Crippen LogP contribution in [-0.2, 0) is 25.7 Å². The van der Waals surface area contributed by atoms with Crippen molar-refractivity contribution in [2.75, 3.05) is 0 Å². The lowest BCUT2D eigenvalue weighted by molar-refractivity contribution is 0.668. The molecule has 8 heteroatoms. The van der Waals surface area contributed by atoms with E-state index in [1.54, 1.807) is 0 Å². The van der Waals surface area contributed by atoms with Crippen LogP contribution < -0.4 is 0 Å². The van der Waals surface area contributed by atoms with Crippen LogP contribution in [0.2, 0.25) is 0 Å². The minimum Gasteiger partial charge on any atom is -0.143 e. The van der Waals surface area contributed by atoms with Crippen LogP contribution in [0.15, 0.2) is 108 Å². The number of rotatable bonds is 26. The van der Waals surface area contributed by atoms with Crippen LogP contribution in [0.25, 0.3) is 58.5 Å². The van der Waals surface area contributed by atoms with Crippen LogP contribution >= 0.6 is 90.7 Å². The third kappa shape index (κ3) is 14.7. The topological polar surface area (TPSA) is 0 Å². The van der Waals surface area contributed by atoms with Crippen LogP contribution in [-0.4, -0.2) is 0 Å². The van der Waals surface area contributed by atoms with E-state index >= 15 is 0 Å². The SMILES string of the molecule is CCCCCCc1ccsc1-c1ccc(-c2ccc(-c3sc(C#Cc4ccc(C#Cc5cc(CCCCCC)c(-c6ccc(-c7ccc(-c8sccc8CCCCCC)s7)s6)s5)cc4)cc3CCCCCC)s2)s1. The van der Waals surface area contributed by atoms with Crippen molar-refractivity contribution >= 4 is 90.7 Å².